The molecule has 1 N–H and O–H groups in total. The van der Waals surface area contributed by atoms with Crippen LogP contribution < -0.4 is 15.0 Å². The van der Waals surface area contributed by atoms with E-state index in [9.17, 15) is 13.2 Å². The average molecular weight is 519 g/mol. The lowest BCUT2D eigenvalue weighted by atomic mass is 9.91. The number of alkyl halides is 3. The van der Waals surface area contributed by atoms with Crippen molar-refractivity contribution in [2.75, 3.05) is 29.9 Å². The van der Waals surface area contributed by atoms with Crippen molar-refractivity contribution in [2.24, 2.45) is 11.8 Å². The molecule has 1 aliphatic carbocycles. The molecule has 2 bridgehead atoms. The number of nitrogens with zero attached hydrogens (tertiary/aromatic N) is 5. The summed E-state index contributed by atoms with van der Waals surface area (Å²) in [6, 6.07) is 9.42. The largest absolute Gasteiger partial charge is 0.484 e. The number of aromatic nitrogens is 4. The van der Waals surface area contributed by atoms with E-state index in [1.165, 1.54) is 17.8 Å². The summed E-state index contributed by atoms with van der Waals surface area (Å²) in [6.45, 7) is 3.62. The number of piperidine rings is 1. The van der Waals surface area contributed by atoms with Gasteiger partial charge in [-0.05, 0) is 79.7 Å². The topological polar surface area (TPSA) is 68.1 Å². The quantitative estimate of drug-likeness (QED) is 0.482. The molecule has 1 aromatic carbocycles. The van der Waals surface area contributed by atoms with E-state index in [0.717, 1.165) is 49.6 Å². The minimum atomic E-state index is -4.35. The van der Waals surface area contributed by atoms with E-state index in [2.05, 4.69) is 20.7 Å². The number of aryl methyl sites for hydroxylation is 2. The van der Waals surface area contributed by atoms with Crippen LogP contribution in [0.25, 0.3) is 0 Å². The molecule has 2 unspecified atom stereocenters. The highest BCUT2D eigenvalue weighted by molar-refractivity contribution is 7.10. The number of fused-ring (bicyclic) bond motifs is 3. The zero-order valence-electron chi connectivity index (χ0n) is 20.0. The summed E-state index contributed by atoms with van der Waals surface area (Å²) in [6.07, 6.45) is -0.0349. The van der Waals surface area contributed by atoms with E-state index in [1.54, 1.807) is 23.7 Å². The summed E-state index contributed by atoms with van der Waals surface area (Å²) in [7, 11) is 0. The van der Waals surface area contributed by atoms with Gasteiger partial charge >= 0.3 is 6.18 Å². The molecule has 7 nitrogen and oxygen atoms in total. The molecule has 2 aromatic heterocycles. The lowest BCUT2D eigenvalue weighted by Gasteiger charge is -2.38. The number of benzene rings is 1. The molecule has 1 saturated heterocycles. The number of hydrogen-bond donors (Lipinski definition) is 1. The molecule has 36 heavy (non-hydrogen) atoms. The van der Waals surface area contributed by atoms with Gasteiger partial charge in [0.25, 0.3) is 0 Å². The summed E-state index contributed by atoms with van der Waals surface area (Å²) >= 11 is 1.58. The van der Waals surface area contributed by atoms with Crippen LogP contribution in [0, 0.1) is 18.8 Å². The Morgan fingerprint density at radius 1 is 1.11 bits per heavy atom. The normalized spacial score (nSPS) is 25.6. The standard InChI is InChI=1S/C25H29F3N6OS/c1-15-11-21(36-32-15)33-12-17-4-5-18(13-33)22(17)29-24-30-23-20(3-2-10-34(23)31-24)16-6-8-19(9-7-16)35-14-25(26,27)28/h6-9,11,17-18,20,22H,2-5,10,12-14H2,1H3,(H,29,31)/t17-,18+,20?,22?. The highest BCUT2D eigenvalue weighted by Crippen LogP contribution is 2.41. The summed E-state index contributed by atoms with van der Waals surface area (Å²) in [5.41, 5.74) is 2.09. The number of halogens is 3. The molecule has 0 radical (unpaired) electrons. The monoisotopic (exact) mass is 518 g/mol. The molecule has 192 valence electrons. The van der Waals surface area contributed by atoms with Crippen molar-refractivity contribution in [1.29, 1.82) is 0 Å². The number of nitrogens with one attached hydrogen (secondary N) is 1. The van der Waals surface area contributed by atoms with E-state index < -0.39 is 12.8 Å². The number of anilines is 2. The highest BCUT2D eigenvalue weighted by atomic mass is 32.1. The lowest BCUT2D eigenvalue weighted by molar-refractivity contribution is -0.153. The number of rotatable bonds is 6. The van der Waals surface area contributed by atoms with E-state index >= 15 is 0 Å². The Labute approximate surface area is 211 Å². The summed E-state index contributed by atoms with van der Waals surface area (Å²) in [4.78, 5) is 7.39. The van der Waals surface area contributed by atoms with Gasteiger partial charge in [0.05, 0.1) is 5.69 Å². The molecule has 1 saturated carbocycles. The summed E-state index contributed by atoms with van der Waals surface area (Å²) in [5, 5.41) is 9.74. The third-order valence-electron chi connectivity index (χ3n) is 7.62. The van der Waals surface area contributed by atoms with Gasteiger partial charge in [-0.25, -0.2) is 4.68 Å². The first-order chi connectivity index (χ1) is 17.3. The molecule has 3 aliphatic rings. The van der Waals surface area contributed by atoms with Gasteiger partial charge < -0.3 is 15.0 Å². The Bertz CT molecular complexity index is 1200. The van der Waals surface area contributed by atoms with E-state index in [1.807, 2.05) is 23.7 Å². The van der Waals surface area contributed by atoms with Crippen molar-refractivity contribution < 1.29 is 17.9 Å². The van der Waals surface area contributed by atoms with Crippen molar-refractivity contribution in [3.63, 3.8) is 0 Å². The number of hydrogen-bond acceptors (Lipinski definition) is 7. The molecule has 4 atom stereocenters. The van der Waals surface area contributed by atoms with Gasteiger partial charge in [0.15, 0.2) is 6.61 Å². The van der Waals surface area contributed by atoms with Gasteiger partial charge in [-0.15, -0.1) is 5.10 Å². The van der Waals surface area contributed by atoms with Gasteiger partial charge in [-0.2, -0.15) is 22.5 Å². The Kier molecular flexibility index (Phi) is 6.05. The van der Waals surface area contributed by atoms with Crippen molar-refractivity contribution in [3.8, 4) is 5.75 Å². The fourth-order valence-corrected chi connectivity index (χ4v) is 6.75. The highest BCUT2D eigenvalue weighted by Gasteiger charge is 2.43. The van der Waals surface area contributed by atoms with Crippen molar-refractivity contribution in [3.05, 3.63) is 47.4 Å². The molecular formula is C25H29F3N6OS. The second-order valence-electron chi connectivity index (χ2n) is 10.2. The fraction of sp³-hybridized carbons (Fsp3) is 0.560. The minimum absolute atomic E-state index is 0.0617. The smallest absolute Gasteiger partial charge is 0.422 e. The third-order valence-corrected chi connectivity index (χ3v) is 8.56. The van der Waals surface area contributed by atoms with Crippen LogP contribution in [-0.4, -0.2) is 51.1 Å². The summed E-state index contributed by atoms with van der Waals surface area (Å²) < 4.78 is 48.6. The first-order valence-electron chi connectivity index (χ1n) is 12.5. The average Bonchev–Trinajstić information content (AvgIpc) is 3.53. The van der Waals surface area contributed by atoms with Gasteiger partial charge in [-0.3, -0.25) is 0 Å². The van der Waals surface area contributed by atoms with Crippen molar-refractivity contribution in [1.82, 2.24) is 19.1 Å². The van der Waals surface area contributed by atoms with Crippen molar-refractivity contribution >= 4 is 22.5 Å². The van der Waals surface area contributed by atoms with E-state index in [-0.39, 0.29) is 11.7 Å². The molecule has 0 amide bonds. The van der Waals surface area contributed by atoms with Gasteiger partial charge in [-0.1, -0.05) is 12.1 Å². The van der Waals surface area contributed by atoms with Gasteiger partial charge in [0, 0.05) is 31.6 Å². The van der Waals surface area contributed by atoms with Crippen LogP contribution in [0.4, 0.5) is 24.1 Å². The second-order valence-corrected chi connectivity index (χ2v) is 10.9. The van der Waals surface area contributed by atoms with E-state index in [4.69, 9.17) is 14.8 Å². The maximum Gasteiger partial charge on any atom is 0.422 e. The van der Waals surface area contributed by atoms with Crippen LogP contribution in [0.5, 0.6) is 5.75 Å². The Morgan fingerprint density at radius 3 is 2.53 bits per heavy atom. The van der Waals surface area contributed by atoms with Crippen LogP contribution in [0.15, 0.2) is 30.3 Å². The molecular weight excluding hydrogens is 489 g/mol. The zero-order valence-corrected chi connectivity index (χ0v) is 20.9. The molecule has 3 aromatic rings. The second kappa shape index (κ2) is 9.24. The Morgan fingerprint density at radius 2 is 1.86 bits per heavy atom. The molecule has 2 aliphatic heterocycles. The van der Waals surface area contributed by atoms with Crippen LogP contribution in [0.2, 0.25) is 0 Å². The molecule has 2 fully saturated rings. The van der Waals surface area contributed by atoms with Gasteiger partial charge in [0.2, 0.25) is 5.95 Å². The van der Waals surface area contributed by atoms with Crippen LogP contribution >= 0.6 is 11.5 Å². The lowest BCUT2D eigenvalue weighted by Crippen LogP contribution is -2.48. The van der Waals surface area contributed by atoms with Crippen LogP contribution in [0.3, 0.4) is 0 Å². The predicted molar refractivity (Wildman–Crippen MR) is 132 cm³/mol. The Balaban J connectivity index is 1.14. The molecule has 6 rings (SSSR count). The van der Waals surface area contributed by atoms with E-state index in [0.29, 0.717) is 23.8 Å². The minimum Gasteiger partial charge on any atom is -0.484 e. The summed E-state index contributed by atoms with van der Waals surface area (Å²) in [5.74, 6) is 2.97. The number of ether oxygens (including phenoxy) is 1. The Hall–Kier alpha value is -2.82. The molecule has 11 heteroatoms. The first-order valence-corrected chi connectivity index (χ1v) is 13.3. The van der Waals surface area contributed by atoms with Crippen LogP contribution in [-0.2, 0) is 6.54 Å². The van der Waals surface area contributed by atoms with Crippen molar-refractivity contribution in [2.45, 2.75) is 57.3 Å². The zero-order chi connectivity index (χ0) is 24.9. The maximum atomic E-state index is 12.4. The van der Waals surface area contributed by atoms with Crippen LogP contribution in [0.1, 0.15) is 48.7 Å². The SMILES string of the molecule is Cc1cc(N2C[C@H]3CC[C@@H](C2)C3Nc2nc3n(n2)CCCC3c2ccc(OCC(F)(F)F)cc2)sn1. The third kappa shape index (κ3) is 4.77. The predicted octanol–water partition coefficient (Wildman–Crippen LogP) is 5.24. The maximum absolute atomic E-state index is 12.4. The van der Waals surface area contributed by atoms with Gasteiger partial charge in [0.1, 0.15) is 16.6 Å². The fourth-order valence-electron chi connectivity index (χ4n) is 5.98. The first kappa shape index (κ1) is 23.6. The molecule has 0 spiro atoms. The molecule has 4 heterocycles.